The van der Waals surface area contributed by atoms with Crippen molar-refractivity contribution >= 4 is 32.5 Å². The Morgan fingerprint density at radius 2 is 1.91 bits per heavy atom. The van der Waals surface area contributed by atoms with E-state index < -0.39 is 15.9 Å². The maximum atomic E-state index is 12.9. The van der Waals surface area contributed by atoms with E-state index in [0.29, 0.717) is 28.4 Å². The average molecular weight is 495 g/mol. The Morgan fingerprint density at radius 1 is 1.14 bits per heavy atom. The number of carbonyl (C=O) groups is 1. The monoisotopic (exact) mass is 494 g/mol. The van der Waals surface area contributed by atoms with Crippen LogP contribution in [0.25, 0.3) is 10.9 Å². The Hall–Kier alpha value is -3.04. The highest BCUT2D eigenvalue weighted by Crippen LogP contribution is 2.49. The molecule has 4 atom stereocenters. The molecule has 2 N–H and O–H groups in total. The molecular weight excluding hydrogens is 464 g/mol. The Bertz CT molecular complexity index is 1430. The zero-order valence-electron chi connectivity index (χ0n) is 19.9. The number of aryl methyl sites for hydroxylation is 1. The quantitative estimate of drug-likeness (QED) is 0.523. The van der Waals surface area contributed by atoms with Crippen LogP contribution in [0.1, 0.15) is 38.2 Å². The maximum Gasteiger partial charge on any atom is 0.261 e. The molecule has 9 heteroatoms. The van der Waals surface area contributed by atoms with Gasteiger partial charge in [-0.15, -0.1) is 0 Å². The second kappa shape index (κ2) is 9.20. The first kappa shape index (κ1) is 23.7. The van der Waals surface area contributed by atoms with Crippen LogP contribution in [0.2, 0.25) is 0 Å². The molecule has 1 aromatic heterocycles. The summed E-state index contributed by atoms with van der Waals surface area (Å²) in [5, 5.41) is 3.18. The molecule has 2 saturated carbocycles. The van der Waals surface area contributed by atoms with Crippen molar-refractivity contribution in [1.29, 1.82) is 0 Å². The first-order valence-corrected chi connectivity index (χ1v) is 13.6. The summed E-state index contributed by atoms with van der Waals surface area (Å²) in [7, 11) is -3.65. The van der Waals surface area contributed by atoms with Crippen molar-refractivity contribution in [2.24, 2.45) is 17.8 Å². The van der Waals surface area contributed by atoms with Crippen molar-refractivity contribution in [3.05, 3.63) is 64.7 Å². The van der Waals surface area contributed by atoms with Gasteiger partial charge in [-0.2, -0.15) is 0 Å². The molecule has 2 aliphatic carbocycles. The van der Waals surface area contributed by atoms with Crippen LogP contribution in [0.3, 0.4) is 0 Å². The molecule has 1 amide bonds. The number of fused-ring (bicyclic) bond motifs is 3. The number of nitrogens with zero attached hydrogens (tertiary/aromatic N) is 2. The van der Waals surface area contributed by atoms with Crippen LogP contribution in [0.15, 0.2) is 58.5 Å². The standard InChI is InChI=1S/C26H30N4O4S/c1-16-4-3-5-22-25(16)27-15-30(26(22)32)14-24(31)28-20-8-10-21(11-9-20)35(33,34)29-17(2)23-13-18-6-7-19(23)12-18/h3-5,8-11,15,17-19,23,29H,6-7,12-14H2,1-2H3,(H,28,31). The predicted octanol–water partition coefficient (Wildman–Crippen LogP) is 3.45. The Morgan fingerprint density at radius 3 is 2.60 bits per heavy atom. The summed E-state index contributed by atoms with van der Waals surface area (Å²) in [5.74, 6) is 1.38. The number of para-hydroxylation sites is 1. The summed E-state index contributed by atoms with van der Waals surface area (Å²) in [6, 6.07) is 11.3. The zero-order valence-corrected chi connectivity index (χ0v) is 20.7. The van der Waals surface area contributed by atoms with E-state index in [1.807, 2.05) is 19.9 Å². The van der Waals surface area contributed by atoms with E-state index in [4.69, 9.17) is 0 Å². The molecule has 2 fully saturated rings. The van der Waals surface area contributed by atoms with Gasteiger partial charge in [0.15, 0.2) is 0 Å². The van der Waals surface area contributed by atoms with Crippen LogP contribution in [0.4, 0.5) is 5.69 Å². The molecule has 184 valence electrons. The van der Waals surface area contributed by atoms with E-state index in [-0.39, 0.29) is 23.0 Å². The van der Waals surface area contributed by atoms with Gasteiger partial charge in [-0.25, -0.2) is 18.1 Å². The maximum absolute atomic E-state index is 12.9. The lowest BCUT2D eigenvalue weighted by molar-refractivity contribution is -0.116. The van der Waals surface area contributed by atoms with Gasteiger partial charge in [0.1, 0.15) is 6.54 Å². The molecule has 35 heavy (non-hydrogen) atoms. The van der Waals surface area contributed by atoms with Crippen molar-refractivity contribution in [3.8, 4) is 0 Å². The molecule has 2 bridgehead atoms. The molecule has 2 aromatic carbocycles. The number of amides is 1. The highest BCUT2D eigenvalue weighted by atomic mass is 32.2. The number of benzene rings is 2. The fraction of sp³-hybridized carbons (Fsp3) is 0.423. The first-order valence-electron chi connectivity index (χ1n) is 12.1. The SMILES string of the molecule is Cc1cccc2c(=O)n(CC(=O)Nc3ccc(S(=O)(=O)NC(C)C4CC5CCC4C5)cc3)cnc12. The van der Waals surface area contributed by atoms with Gasteiger partial charge >= 0.3 is 0 Å². The predicted molar refractivity (Wildman–Crippen MR) is 135 cm³/mol. The lowest BCUT2D eigenvalue weighted by Gasteiger charge is -2.28. The van der Waals surface area contributed by atoms with Crippen molar-refractivity contribution in [3.63, 3.8) is 0 Å². The number of hydrogen-bond acceptors (Lipinski definition) is 5. The highest BCUT2D eigenvalue weighted by Gasteiger charge is 2.42. The number of carbonyl (C=O) groups excluding carboxylic acids is 1. The van der Waals surface area contributed by atoms with E-state index in [0.717, 1.165) is 17.9 Å². The minimum Gasteiger partial charge on any atom is -0.325 e. The molecule has 4 unspecified atom stereocenters. The third-order valence-corrected chi connectivity index (χ3v) is 9.17. The van der Waals surface area contributed by atoms with Gasteiger partial charge < -0.3 is 5.32 Å². The number of aromatic nitrogens is 2. The summed E-state index contributed by atoms with van der Waals surface area (Å²) in [6.45, 7) is 3.64. The fourth-order valence-corrected chi connectivity index (χ4v) is 7.12. The van der Waals surface area contributed by atoms with Crippen molar-refractivity contribution in [2.75, 3.05) is 5.32 Å². The largest absolute Gasteiger partial charge is 0.325 e. The van der Waals surface area contributed by atoms with Crippen molar-refractivity contribution in [2.45, 2.75) is 57.0 Å². The van der Waals surface area contributed by atoms with E-state index in [9.17, 15) is 18.0 Å². The van der Waals surface area contributed by atoms with E-state index in [2.05, 4.69) is 15.0 Å². The Labute approximate surface area is 204 Å². The Kier molecular flexibility index (Phi) is 6.23. The number of sulfonamides is 1. The first-order chi connectivity index (χ1) is 16.7. The number of nitrogens with one attached hydrogen (secondary N) is 2. The Balaban J connectivity index is 1.23. The van der Waals surface area contributed by atoms with Gasteiger partial charge in [0, 0.05) is 11.7 Å². The third-order valence-electron chi connectivity index (χ3n) is 7.59. The second-order valence-corrected chi connectivity index (χ2v) is 11.7. The fourth-order valence-electron chi connectivity index (χ4n) is 5.83. The average Bonchev–Trinajstić information content (AvgIpc) is 3.45. The minimum atomic E-state index is -3.65. The molecule has 3 aromatic rings. The molecule has 2 aliphatic rings. The van der Waals surface area contributed by atoms with Crippen LogP contribution in [0, 0.1) is 24.7 Å². The van der Waals surface area contributed by atoms with Gasteiger partial charge in [-0.1, -0.05) is 18.6 Å². The summed E-state index contributed by atoms with van der Waals surface area (Å²) in [5.41, 5.74) is 1.68. The van der Waals surface area contributed by atoms with E-state index in [1.54, 1.807) is 24.3 Å². The minimum absolute atomic E-state index is 0.104. The summed E-state index contributed by atoms with van der Waals surface area (Å²) in [6.07, 6.45) is 6.19. The number of hydrogen-bond donors (Lipinski definition) is 2. The molecule has 8 nitrogen and oxygen atoms in total. The molecule has 5 rings (SSSR count). The van der Waals surface area contributed by atoms with Gasteiger partial charge in [0.2, 0.25) is 15.9 Å². The summed E-state index contributed by atoms with van der Waals surface area (Å²) < 4.78 is 29.9. The van der Waals surface area contributed by atoms with E-state index in [1.165, 1.54) is 42.3 Å². The molecule has 0 aliphatic heterocycles. The van der Waals surface area contributed by atoms with Crippen LogP contribution >= 0.6 is 0 Å². The molecule has 0 spiro atoms. The molecule has 0 radical (unpaired) electrons. The van der Waals surface area contributed by atoms with Gasteiger partial charge in [0.25, 0.3) is 5.56 Å². The summed E-state index contributed by atoms with van der Waals surface area (Å²) >= 11 is 0. The normalized spacial score (nSPS) is 22.4. The zero-order chi connectivity index (χ0) is 24.7. The van der Waals surface area contributed by atoms with Gasteiger partial charge in [0.05, 0.1) is 22.1 Å². The molecule has 0 saturated heterocycles. The van der Waals surface area contributed by atoms with Crippen LogP contribution in [-0.4, -0.2) is 29.9 Å². The lowest BCUT2D eigenvalue weighted by atomic mass is 9.84. The number of anilines is 1. The number of rotatable bonds is 7. The summed E-state index contributed by atoms with van der Waals surface area (Å²) in [4.78, 5) is 29.7. The molecule has 1 heterocycles. The third kappa shape index (κ3) is 4.75. The van der Waals surface area contributed by atoms with Crippen molar-refractivity contribution in [1.82, 2.24) is 14.3 Å². The highest BCUT2D eigenvalue weighted by molar-refractivity contribution is 7.89. The van der Waals surface area contributed by atoms with Crippen LogP contribution < -0.4 is 15.6 Å². The van der Waals surface area contributed by atoms with Crippen LogP contribution in [-0.2, 0) is 21.4 Å². The van der Waals surface area contributed by atoms with Gasteiger partial charge in [-0.05, 0) is 86.8 Å². The van der Waals surface area contributed by atoms with Crippen molar-refractivity contribution < 1.29 is 13.2 Å². The smallest absolute Gasteiger partial charge is 0.261 e. The second-order valence-electron chi connectivity index (χ2n) is 9.97. The lowest BCUT2D eigenvalue weighted by Crippen LogP contribution is -2.40. The molecular formula is C26H30N4O4S. The van der Waals surface area contributed by atoms with Crippen LogP contribution in [0.5, 0.6) is 0 Å². The topological polar surface area (TPSA) is 110 Å². The van der Waals surface area contributed by atoms with Gasteiger partial charge in [-0.3, -0.25) is 14.2 Å². The van der Waals surface area contributed by atoms with E-state index >= 15 is 0 Å².